The topological polar surface area (TPSA) is 99.2 Å². The number of hydrogen-bond acceptors (Lipinski definition) is 8. The molecule has 0 aliphatic carbocycles. The van der Waals surface area contributed by atoms with Crippen molar-refractivity contribution >= 4 is 51.6 Å². The molecule has 1 N–H and O–H groups in total. The number of aromatic nitrogens is 3. The maximum absolute atomic E-state index is 12.7. The van der Waals surface area contributed by atoms with Crippen molar-refractivity contribution in [3.63, 3.8) is 0 Å². The molecule has 0 unspecified atom stereocenters. The Kier molecular flexibility index (Phi) is 6.93. The molecule has 0 bridgehead atoms. The molecule has 0 fully saturated rings. The van der Waals surface area contributed by atoms with Gasteiger partial charge in [0.05, 0.1) is 24.3 Å². The molecule has 11 heteroatoms. The average molecular weight is 489 g/mol. The first kappa shape index (κ1) is 22.1. The Balaban J connectivity index is 1.49. The fourth-order valence-corrected chi connectivity index (χ4v) is 4.75. The van der Waals surface area contributed by atoms with Gasteiger partial charge in [0.1, 0.15) is 22.7 Å². The van der Waals surface area contributed by atoms with E-state index in [1.165, 1.54) is 29.4 Å². The molecule has 32 heavy (non-hydrogen) atoms. The van der Waals surface area contributed by atoms with E-state index in [2.05, 4.69) is 15.5 Å². The number of esters is 1. The molecule has 1 aromatic carbocycles. The summed E-state index contributed by atoms with van der Waals surface area (Å²) in [6.45, 7) is 1.94. The van der Waals surface area contributed by atoms with Gasteiger partial charge in [0.15, 0.2) is 5.16 Å². The third-order valence-electron chi connectivity index (χ3n) is 4.25. The van der Waals surface area contributed by atoms with Crippen LogP contribution in [0.3, 0.4) is 0 Å². The molecule has 3 aromatic heterocycles. The van der Waals surface area contributed by atoms with Gasteiger partial charge < -0.3 is 14.5 Å². The number of anilines is 1. The number of thiophene rings is 1. The average Bonchev–Trinajstić information content (AvgIpc) is 3.52. The minimum Gasteiger partial charge on any atom is -0.464 e. The van der Waals surface area contributed by atoms with Crippen LogP contribution in [0.4, 0.5) is 5.00 Å². The number of carbonyl (C=O) groups is 2. The van der Waals surface area contributed by atoms with Gasteiger partial charge in [0, 0.05) is 16.0 Å². The van der Waals surface area contributed by atoms with Crippen molar-refractivity contribution in [2.24, 2.45) is 0 Å². The van der Waals surface area contributed by atoms with Crippen LogP contribution in [-0.2, 0) is 9.53 Å². The second-order valence-corrected chi connectivity index (χ2v) is 8.61. The first-order valence-corrected chi connectivity index (χ1v) is 11.7. The lowest BCUT2D eigenvalue weighted by Gasteiger charge is -2.08. The molecule has 0 radical (unpaired) electrons. The number of benzene rings is 1. The van der Waals surface area contributed by atoms with Gasteiger partial charge in [-0.25, -0.2) is 4.79 Å². The van der Waals surface area contributed by atoms with E-state index in [0.29, 0.717) is 26.5 Å². The van der Waals surface area contributed by atoms with E-state index in [1.54, 1.807) is 47.5 Å². The summed E-state index contributed by atoms with van der Waals surface area (Å²) >= 11 is 8.51. The van der Waals surface area contributed by atoms with E-state index in [4.69, 9.17) is 20.8 Å². The van der Waals surface area contributed by atoms with E-state index in [9.17, 15) is 9.59 Å². The van der Waals surface area contributed by atoms with Crippen LogP contribution in [0.1, 0.15) is 17.3 Å². The molecular weight excluding hydrogens is 472 g/mol. The number of carbonyl (C=O) groups excluding carboxylic acids is 2. The number of amides is 1. The number of halogens is 1. The highest BCUT2D eigenvalue weighted by molar-refractivity contribution is 7.99. The molecular formula is C21H17ClN4O4S2. The van der Waals surface area contributed by atoms with Gasteiger partial charge in [0.2, 0.25) is 5.91 Å². The molecule has 0 saturated heterocycles. The molecule has 0 aliphatic rings. The van der Waals surface area contributed by atoms with Crippen LogP contribution in [0.5, 0.6) is 0 Å². The Morgan fingerprint density at radius 2 is 2.19 bits per heavy atom. The van der Waals surface area contributed by atoms with Gasteiger partial charge >= 0.3 is 5.97 Å². The number of furan rings is 1. The van der Waals surface area contributed by atoms with Gasteiger partial charge in [-0.15, -0.1) is 21.5 Å². The number of nitrogens with one attached hydrogen (secondary N) is 1. The van der Waals surface area contributed by atoms with Gasteiger partial charge in [-0.3, -0.25) is 9.36 Å². The van der Waals surface area contributed by atoms with Crippen LogP contribution < -0.4 is 5.32 Å². The Morgan fingerprint density at radius 1 is 1.31 bits per heavy atom. The van der Waals surface area contributed by atoms with Crippen molar-refractivity contribution in [1.29, 1.82) is 0 Å². The van der Waals surface area contributed by atoms with Gasteiger partial charge in [0.25, 0.3) is 0 Å². The number of rotatable bonds is 8. The Bertz CT molecular complexity index is 1240. The van der Waals surface area contributed by atoms with Crippen molar-refractivity contribution < 1.29 is 18.7 Å². The molecule has 164 valence electrons. The molecule has 0 saturated carbocycles. The number of hydrogen-bond donors (Lipinski definition) is 1. The lowest BCUT2D eigenvalue weighted by Crippen LogP contribution is -2.16. The zero-order chi connectivity index (χ0) is 22.5. The molecule has 1 amide bonds. The highest BCUT2D eigenvalue weighted by atomic mass is 35.5. The standard InChI is InChI=1S/C21H17ClN4O4S2/c1-2-29-20(28)18-15(16-7-4-8-30-16)10-31-19(18)24-17(27)11-32-21-25-23-12-26(21)14-6-3-5-13(22)9-14/h3-10,12H,2,11H2,1H3,(H,24,27). The quantitative estimate of drug-likeness (QED) is 0.270. The fourth-order valence-electron chi connectivity index (χ4n) is 2.89. The first-order valence-electron chi connectivity index (χ1n) is 9.48. The van der Waals surface area contributed by atoms with Gasteiger partial charge in [-0.2, -0.15) is 0 Å². The SMILES string of the molecule is CCOC(=O)c1c(-c2ccco2)csc1NC(=O)CSc1nncn1-c1cccc(Cl)c1. The van der Waals surface area contributed by atoms with E-state index in [-0.39, 0.29) is 23.8 Å². The summed E-state index contributed by atoms with van der Waals surface area (Å²) < 4.78 is 12.3. The second kappa shape index (κ2) is 10.0. The van der Waals surface area contributed by atoms with Crippen molar-refractivity contribution in [3.05, 3.63) is 65.0 Å². The lowest BCUT2D eigenvalue weighted by molar-refractivity contribution is -0.113. The van der Waals surface area contributed by atoms with Crippen LogP contribution in [0.15, 0.2) is 63.9 Å². The minimum absolute atomic E-state index is 0.0650. The minimum atomic E-state index is -0.524. The number of thioether (sulfide) groups is 1. The molecule has 8 nitrogen and oxygen atoms in total. The summed E-state index contributed by atoms with van der Waals surface area (Å²) in [5.41, 5.74) is 1.63. The van der Waals surface area contributed by atoms with Crippen LogP contribution in [-0.4, -0.2) is 39.0 Å². The number of ether oxygens (including phenoxy) is 1. The van der Waals surface area contributed by atoms with Crippen molar-refractivity contribution in [2.45, 2.75) is 12.1 Å². The van der Waals surface area contributed by atoms with Crippen LogP contribution in [0.2, 0.25) is 5.02 Å². The van der Waals surface area contributed by atoms with Gasteiger partial charge in [-0.1, -0.05) is 29.4 Å². The maximum atomic E-state index is 12.7. The molecule has 4 aromatic rings. The Labute approximate surface area is 196 Å². The summed E-state index contributed by atoms with van der Waals surface area (Å²) in [5.74, 6) is -0.234. The van der Waals surface area contributed by atoms with E-state index >= 15 is 0 Å². The molecule has 0 aliphatic heterocycles. The Hall–Kier alpha value is -3.08. The largest absolute Gasteiger partial charge is 0.464 e. The molecule has 0 atom stereocenters. The highest BCUT2D eigenvalue weighted by Crippen LogP contribution is 2.36. The van der Waals surface area contributed by atoms with E-state index in [1.807, 2.05) is 12.1 Å². The molecule has 4 rings (SSSR count). The zero-order valence-electron chi connectivity index (χ0n) is 16.8. The summed E-state index contributed by atoms with van der Waals surface area (Å²) in [7, 11) is 0. The fraction of sp³-hybridized carbons (Fsp3) is 0.143. The second-order valence-electron chi connectivity index (χ2n) is 6.35. The third kappa shape index (κ3) is 4.87. The Morgan fingerprint density at radius 3 is 2.94 bits per heavy atom. The molecule has 3 heterocycles. The zero-order valence-corrected chi connectivity index (χ0v) is 19.2. The summed E-state index contributed by atoms with van der Waals surface area (Å²) in [5, 5.41) is 14.1. The third-order valence-corrected chi connectivity index (χ3v) is 6.32. The number of nitrogens with zero attached hydrogens (tertiary/aromatic N) is 3. The lowest BCUT2D eigenvalue weighted by atomic mass is 10.1. The van der Waals surface area contributed by atoms with Crippen LogP contribution in [0.25, 0.3) is 17.0 Å². The highest BCUT2D eigenvalue weighted by Gasteiger charge is 2.24. The monoisotopic (exact) mass is 488 g/mol. The smallest absolute Gasteiger partial charge is 0.341 e. The van der Waals surface area contributed by atoms with Crippen molar-refractivity contribution in [1.82, 2.24) is 14.8 Å². The van der Waals surface area contributed by atoms with Crippen molar-refractivity contribution in [2.75, 3.05) is 17.7 Å². The first-order chi connectivity index (χ1) is 15.6. The summed E-state index contributed by atoms with van der Waals surface area (Å²) in [6.07, 6.45) is 3.08. The van der Waals surface area contributed by atoms with E-state index < -0.39 is 5.97 Å². The van der Waals surface area contributed by atoms with Crippen molar-refractivity contribution in [3.8, 4) is 17.0 Å². The van der Waals surface area contributed by atoms with Gasteiger partial charge in [-0.05, 0) is 37.3 Å². The summed E-state index contributed by atoms with van der Waals surface area (Å²) in [4.78, 5) is 25.2. The normalized spacial score (nSPS) is 10.8. The maximum Gasteiger partial charge on any atom is 0.341 e. The summed E-state index contributed by atoms with van der Waals surface area (Å²) in [6, 6.07) is 10.7. The predicted octanol–water partition coefficient (Wildman–Crippen LogP) is 5.15. The predicted molar refractivity (Wildman–Crippen MR) is 124 cm³/mol. The van der Waals surface area contributed by atoms with Crippen LogP contribution in [0, 0.1) is 0 Å². The molecule has 0 spiro atoms. The van der Waals surface area contributed by atoms with E-state index in [0.717, 1.165) is 5.69 Å². The van der Waals surface area contributed by atoms with Crippen LogP contribution >= 0.6 is 34.7 Å².